The van der Waals surface area contributed by atoms with Crippen molar-refractivity contribution in [3.8, 4) is 0 Å². The number of hydrogen-bond acceptors (Lipinski definition) is 8. The molecule has 0 N–H and O–H groups in total. The molecular formula is C20H23N5O2S2. The predicted molar refractivity (Wildman–Crippen MR) is 116 cm³/mol. The first kappa shape index (κ1) is 20.1. The number of rotatable bonds is 7. The molecule has 3 heterocycles. The van der Waals surface area contributed by atoms with E-state index in [1.54, 1.807) is 11.3 Å². The van der Waals surface area contributed by atoms with Crippen LogP contribution < -0.4 is 4.90 Å². The normalized spacial score (nSPS) is 14.3. The maximum Gasteiger partial charge on any atom is 0.233 e. The van der Waals surface area contributed by atoms with Gasteiger partial charge in [-0.05, 0) is 12.5 Å². The number of benzene rings is 1. The molecule has 1 saturated heterocycles. The lowest BCUT2D eigenvalue weighted by atomic mass is 10.2. The first-order valence-corrected chi connectivity index (χ1v) is 11.4. The molecule has 0 aliphatic carbocycles. The van der Waals surface area contributed by atoms with Gasteiger partial charge in [0.25, 0.3) is 0 Å². The molecular weight excluding hydrogens is 406 g/mol. The van der Waals surface area contributed by atoms with Crippen molar-refractivity contribution in [3.63, 3.8) is 0 Å². The zero-order chi connectivity index (χ0) is 20.1. The summed E-state index contributed by atoms with van der Waals surface area (Å²) in [5.41, 5.74) is 1.83. The van der Waals surface area contributed by atoms with Crippen LogP contribution in [0.2, 0.25) is 0 Å². The molecule has 3 aromatic rings. The summed E-state index contributed by atoms with van der Waals surface area (Å²) in [5.74, 6) is 0.448. The van der Waals surface area contributed by atoms with E-state index in [2.05, 4.69) is 19.9 Å². The van der Waals surface area contributed by atoms with Crippen LogP contribution in [0.5, 0.6) is 0 Å². The quantitative estimate of drug-likeness (QED) is 0.422. The van der Waals surface area contributed by atoms with Gasteiger partial charge in [-0.2, -0.15) is 4.98 Å². The van der Waals surface area contributed by atoms with Gasteiger partial charge in [-0.15, -0.1) is 0 Å². The fourth-order valence-electron chi connectivity index (χ4n) is 3.12. The lowest BCUT2D eigenvalue weighted by Gasteiger charge is -2.25. The summed E-state index contributed by atoms with van der Waals surface area (Å²) in [6.45, 7) is 6.40. The minimum atomic E-state index is 0.103. The van der Waals surface area contributed by atoms with Crippen molar-refractivity contribution in [2.24, 2.45) is 0 Å². The molecule has 1 aromatic carbocycles. The third-order valence-electron chi connectivity index (χ3n) is 4.71. The first-order chi connectivity index (χ1) is 14.2. The first-order valence-electron chi connectivity index (χ1n) is 9.63. The summed E-state index contributed by atoms with van der Waals surface area (Å²) in [6, 6.07) is 10.1. The number of anilines is 1. The van der Waals surface area contributed by atoms with Crippen LogP contribution in [0.15, 0.2) is 41.7 Å². The molecule has 0 bridgehead atoms. The minimum absolute atomic E-state index is 0.103. The maximum absolute atomic E-state index is 12.8. The molecule has 0 atom stereocenters. The smallest absolute Gasteiger partial charge is 0.233 e. The summed E-state index contributed by atoms with van der Waals surface area (Å²) in [6.07, 6.45) is 1.53. The van der Waals surface area contributed by atoms with Crippen molar-refractivity contribution in [3.05, 3.63) is 42.2 Å². The number of carbonyl (C=O) groups is 1. The molecule has 9 heteroatoms. The molecule has 29 heavy (non-hydrogen) atoms. The van der Waals surface area contributed by atoms with Crippen LogP contribution in [0.3, 0.4) is 0 Å². The van der Waals surface area contributed by atoms with E-state index in [1.807, 2.05) is 42.2 Å². The van der Waals surface area contributed by atoms with Crippen molar-refractivity contribution in [1.29, 1.82) is 0 Å². The van der Waals surface area contributed by atoms with Crippen LogP contribution in [-0.4, -0.2) is 64.4 Å². The van der Waals surface area contributed by atoms with E-state index in [1.165, 1.54) is 18.1 Å². The van der Waals surface area contributed by atoms with Crippen LogP contribution in [0.25, 0.3) is 10.3 Å². The molecule has 2 aromatic heterocycles. The predicted octanol–water partition coefficient (Wildman–Crippen LogP) is 3.06. The fourth-order valence-corrected chi connectivity index (χ4v) is 5.16. The average Bonchev–Trinajstić information content (AvgIpc) is 3.22. The highest BCUT2D eigenvalue weighted by Crippen LogP contribution is 2.34. The zero-order valence-electron chi connectivity index (χ0n) is 16.3. The molecule has 7 nitrogen and oxygen atoms in total. The second kappa shape index (κ2) is 9.51. The summed E-state index contributed by atoms with van der Waals surface area (Å²) in [5, 5.41) is 1.76. The van der Waals surface area contributed by atoms with Gasteiger partial charge in [0.1, 0.15) is 16.1 Å². The van der Waals surface area contributed by atoms with Gasteiger partial charge in [-0.1, -0.05) is 53.4 Å². The Hall–Kier alpha value is -2.23. The van der Waals surface area contributed by atoms with Gasteiger partial charge in [-0.25, -0.2) is 9.97 Å². The molecule has 152 valence electrons. The number of morpholine rings is 1. The molecule has 0 spiro atoms. The highest BCUT2D eigenvalue weighted by atomic mass is 32.2. The van der Waals surface area contributed by atoms with Gasteiger partial charge in [0, 0.05) is 26.2 Å². The van der Waals surface area contributed by atoms with Crippen molar-refractivity contribution in [1.82, 2.24) is 19.9 Å². The number of amides is 1. The number of ether oxygens (including phenoxy) is 1. The number of fused-ring (bicyclic) bond motifs is 1. The molecule has 0 unspecified atom stereocenters. The fraction of sp³-hybridized carbons (Fsp3) is 0.400. The van der Waals surface area contributed by atoms with E-state index in [-0.39, 0.29) is 5.91 Å². The highest BCUT2D eigenvalue weighted by molar-refractivity contribution is 8.00. The largest absolute Gasteiger partial charge is 0.378 e. The number of thiazole rings is 1. The Morgan fingerprint density at radius 3 is 2.79 bits per heavy atom. The molecule has 1 aliphatic heterocycles. The Kier molecular flexibility index (Phi) is 6.58. The van der Waals surface area contributed by atoms with Gasteiger partial charge >= 0.3 is 0 Å². The van der Waals surface area contributed by atoms with Crippen molar-refractivity contribution in [2.75, 3.05) is 43.5 Å². The number of aromatic nitrogens is 3. The van der Waals surface area contributed by atoms with Gasteiger partial charge in [0.05, 0.1) is 19.0 Å². The zero-order valence-corrected chi connectivity index (χ0v) is 17.9. The van der Waals surface area contributed by atoms with Gasteiger partial charge in [0.2, 0.25) is 5.91 Å². The van der Waals surface area contributed by atoms with Crippen molar-refractivity contribution in [2.45, 2.75) is 18.5 Å². The molecule has 4 rings (SSSR count). The lowest BCUT2D eigenvalue weighted by Crippen LogP contribution is -2.36. The van der Waals surface area contributed by atoms with Crippen LogP contribution in [0, 0.1) is 0 Å². The van der Waals surface area contributed by atoms with Crippen LogP contribution in [0.1, 0.15) is 12.5 Å². The van der Waals surface area contributed by atoms with E-state index in [0.29, 0.717) is 37.7 Å². The van der Waals surface area contributed by atoms with Crippen LogP contribution >= 0.6 is 23.1 Å². The van der Waals surface area contributed by atoms with E-state index >= 15 is 0 Å². The summed E-state index contributed by atoms with van der Waals surface area (Å²) in [4.78, 5) is 30.2. The van der Waals surface area contributed by atoms with E-state index < -0.39 is 0 Å². The Balaban J connectivity index is 1.44. The summed E-state index contributed by atoms with van der Waals surface area (Å²) >= 11 is 3.04. The molecule has 1 amide bonds. The number of carbonyl (C=O) groups excluding carboxylic acids is 1. The van der Waals surface area contributed by atoms with E-state index in [0.717, 1.165) is 33.5 Å². The van der Waals surface area contributed by atoms with Gasteiger partial charge < -0.3 is 14.5 Å². The molecule has 0 saturated carbocycles. The molecule has 0 radical (unpaired) electrons. The van der Waals surface area contributed by atoms with Crippen LogP contribution in [0.4, 0.5) is 5.13 Å². The topological polar surface area (TPSA) is 71.5 Å². The Morgan fingerprint density at radius 2 is 2.03 bits per heavy atom. The van der Waals surface area contributed by atoms with E-state index in [4.69, 9.17) is 4.74 Å². The summed E-state index contributed by atoms with van der Waals surface area (Å²) in [7, 11) is 0. The number of hydrogen-bond donors (Lipinski definition) is 0. The number of thioether (sulfide) groups is 1. The number of nitrogens with zero attached hydrogens (tertiary/aromatic N) is 5. The Morgan fingerprint density at radius 1 is 1.24 bits per heavy atom. The van der Waals surface area contributed by atoms with Gasteiger partial charge in [-0.3, -0.25) is 4.79 Å². The minimum Gasteiger partial charge on any atom is -0.378 e. The summed E-state index contributed by atoms with van der Waals surface area (Å²) < 4.78 is 6.36. The monoisotopic (exact) mass is 429 g/mol. The third kappa shape index (κ3) is 4.85. The maximum atomic E-state index is 12.8. The second-order valence-corrected chi connectivity index (χ2v) is 8.55. The molecule has 1 fully saturated rings. The second-order valence-electron chi connectivity index (χ2n) is 6.61. The lowest BCUT2D eigenvalue weighted by molar-refractivity contribution is -0.128. The molecule has 1 aliphatic rings. The highest BCUT2D eigenvalue weighted by Gasteiger charge is 2.19. The van der Waals surface area contributed by atoms with E-state index in [9.17, 15) is 4.79 Å². The van der Waals surface area contributed by atoms with Crippen molar-refractivity contribution < 1.29 is 9.53 Å². The van der Waals surface area contributed by atoms with Crippen molar-refractivity contribution >= 4 is 44.5 Å². The third-order valence-corrected chi connectivity index (χ3v) is 6.93. The Labute approximate surface area is 178 Å². The SMILES string of the molecule is CCN(Cc1ccccc1)C(=O)CSc1ncnc2nc(N3CCOCC3)sc12. The average molecular weight is 430 g/mol. The Bertz CT molecular complexity index is 960. The van der Waals surface area contributed by atoms with Crippen LogP contribution in [-0.2, 0) is 16.1 Å². The van der Waals surface area contributed by atoms with Gasteiger partial charge in [0.15, 0.2) is 10.8 Å². The standard InChI is InChI=1S/C20H23N5O2S2/c1-2-24(12-15-6-4-3-5-7-15)16(26)13-28-19-17-18(21-14-22-19)23-20(29-17)25-8-10-27-11-9-25/h3-7,14H,2,8-13H2,1H3.